The molecule has 1 fully saturated rings. The van der Waals surface area contributed by atoms with Gasteiger partial charge in [-0.3, -0.25) is 4.79 Å². The van der Waals surface area contributed by atoms with Crippen molar-refractivity contribution in [3.63, 3.8) is 0 Å². The Morgan fingerprint density at radius 3 is 1.88 bits per heavy atom. The maximum Gasteiger partial charge on any atom is 0.494 e. The minimum absolute atomic E-state index is 0.251. The Balaban J connectivity index is 1.11. The molecule has 0 aromatic heterocycles. The number of hydrogen-bond acceptors (Lipinski definition) is 4. The monoisotopic (exact) mass is 526 g/mol. The number of esters is 1. The Hall–Kier alpha value is -3.93. The Kier molecular flexibility index (Phi) is 5.67. The topological polar surface area (TPSA) is 44.8 Å². The van der Waals surface area contributed by atoms with Gasteiger partial charge in [0.25, 0.3) is 0 Å². The van der Waals surface area contributed by atoms with E-state index in [4.69, 9.17) is 14.0 Å². The van der Waals surface area contributed by atoms with Crippen molar-refractivity contribution in [3.8, 4) is 5.75 Å². The van der Waals surface area contributed by atoms with Crippen molar-refractivity contribution >= 4 is 61.6 Å². The fourth-order valence-corrected chi connectivity index (χ4v) is 6.02. The van der Waals surface area contributed by atoms with E-state index in [-0.39, 0.29) is 5.97 Å². The van der Waals surface area contributed by atoms with Crippen molar-refractivity contribution in [2.24, 2.45) is 0 Å². The van der Waals surface area contributed by atoms with Gasteiger partial charge in [0.1, 0.15) is 5.75 Å². The first kappa shape index (κ1) is 25.1. The standard InChI is InChI=1S/C35H31BO4/c1-34(2)35(3,4)40-36(39-34)24-16-18-25(19-17-24)38-31(37)21-15-22-14-20-30-28-12-6-9-23-8-5-11-27(32(23)28)29-13-7-10-26(22)33(29)30/h5-14,16-20H,15,21H2,1-4H3. The normalized spacial score (nSPS) is 16.4. The zero-order valence-electron chi connectivity index (χ0n) is 23.3. The molecule has 40 heavy (non-hydrogen) atoms. The second kappa shape index (κ2) is 9.05. The summed E-state index contributed by atoms with van der Waals surface area (Å²) in [5.74, 6) is 0.269. The molecule has 0 amide bonds. The third-order valence-corrected chi connectivity index (χ3v) is 8.85. The van der Waals surface area contributed by atoms with Crippen LogP contribution >= 0.6 is 0 Å². The highest BCUT2D eigenvalue weighted by Gasteiger charge is 2.51. The number of carbonyl (C=O) groups excluding carboxylic acids is 1. The first-order valence-corrected chi connectivity index (χ1v) is 14.0. The van der Waals surface area contributed by atoms with Gasteiger partial charge in [-0.15, -0.1) is 0 Å². The minimum Gasteiger partial charge on any atom is -0.427 e. The van der Waals surface area contributed by atoms with Gasteiger partial charge in [-0.1, -0.05) is 78.9 Å². The number of hydrogen-bond donors (Lipinski definition) is 0. The summed E-state index contributed by atoms with van der Waals surface area (Å²) >= 11 is 0. The highest BCUT2D eigenvalue weighted by Crippen LogP contribution is 2.41. The van der Waals surface area contributed by atoms with Crippen LogP contribution in [0, 0.1) is 0 Å². The molecule has 1 heterocycles. The summed E-state index contributed by atoms with van der Waals surface area (Å²) in [4.78, 5) is 12.9. The second-order valence-corrected chi connectivity index (χ2v) is 11.8. The fraction of sp³-hybridized carbons (Fsp3) is 0.229. The van der Waals surface area contributed by atoms with Gasteiger partial charge in [-0.25, -0.2) is 0 Å². The third-order valence-electron chi connectivity index (χ3n) is 8.85. The molecule has 1 saturated heterocycles. The van der Waals surface area contributed by atoms with Crippen LogP contribution in [0.25, 0.3) is 43.1 Å². The molecule has 6 aromatic carbocycles. The minimum atomic E-state index is -0.443. The van der Waals surface area contributed by atoms with Crippen molar-refractivity contribution < 1.29 is 18.8 Å². The van der Waals surface area contributed by atoms with E-state index < -0.39 is 18.3 Å². The first-order chi connectivity index (χ1) is 19.2. The van der Waals surface area contributed by atoms with Gasteiger partial charge in [0.05, 0.1) is 17.6 Å². The molecule has 0 saturated carbocycles. The summed E-state index contributed by atoms with van der Waals surface area (Å²) in [5.41, 5.74) is 1.25. The number of ether oxygens (including phenoxy) is 1. The van der Waals surface area contributed by atoms with E-state index in [1.165, 1.54) is 43.1 Å². The Labute approximate surface area is 234 Å². The predicted molar refractivity (Wildman–Crippen MR) is 164 cm³/mol. The fourth-order valence-electron chi connectivity index (χ4n) is 6.02. The van der Waals surface area contributed by atoms with Gasteiger partial charge in [0.2, 0.25) is 0 Å². The number of fused-ring (bicyclic) bond motifs is 2. The predicted octanol–water partition coefficient (Wildman–Crippen LogP) is 7.57. The SMILES string of the molecule is CC1(C)OB(c2ccc(OC(=O)CCc3ccc4c5cccc6cccc(c7cccc3c74)c65)cc2)OC1(C)C. The molecule has 0 N–H and O–H groups in total. The van der Waals surface area contributed by atoms with Gasteiger partial charge in [0.15, 0.2) is 0 Å². The molecule has 0 bridgehead atoms. The summed E-state index contributed by atoms with van der Waals surface area (Å²) in [5, 5.41) is 10.1. The Bertz CT molecular complexity index is 1840. The van der Waals surface area contributed by atoms with E-state index >= 15 is 0 Å². The first-order valence-electron chi connectivity index (χ1n) is 14.0. The lowest BCUT2D eigenvalue weighted by Gasteiger charge is -2.32. The Morgan fingerprint density at radius 2 is 1.23 bits per heavy atom. The molecular formula is C35H31BO4. The summed E-state index contributed by atoms with van der Waals surface area (Å²) in [6.45, 7) is 8.13. The molecule has 0 radical (unpaired) electrons. The maximum atomic E-state index is 12.9. The lowest BCUT2D eigenvalue weighted by molar-refractivity contribution is -0.134. The van der Waals surface area contributed by atoms with Gasteiger partial charge in [-0.05, 0) is 100 Å². The molecule has 1 aliphatic heterocycles. The average molecular weight is 526 g/mol. The van der Waals surface area contributed by atoms with Gasteiger partial charge < -0.3 is 14.0 Å². The van der Waals surface area contributed by atoms with E-state index in [0.29, 0.717) is 18.6 Å². The Morgan fingerprint density at radius 1 is 0.675 bits per heavy atom. The maximum absolute atomic E-state index is 12.9. The van der Waals surface area contributed by atoms with Crippen molar-refractivity contribution in [3.05, 3.63) is 96.6 Å². The van der Waals surface area contributed by atoms with Gasteiger partial charge in [-0.2, -0.15) is 0 Å². The van der Waals surface area contributed by atoms with Gasteiger partial charge >= 0.3 is 13.1 Å². The van der Waals surface area contributed by atoms with Crippen LogP contribution in [0.4, 0.5) is 0 Å². The zero-order valence-corrected chi connectivity index (χ0v) is 23.3. The smallest absolute Gasteiger partial charge is 0.427 e. The van der Waals surface area contributed by atoms with Crippen LogP contribution in [0.15, 0.2) is 91.0 Å². The molecule has 5 heteroatoms. The molecule has 0 aliphatic carbocycles. The van der Waals surface area contributed by atoms with Crippen molar-refractivity contribution in [1.29, 1.82) is 0 Å². The van der Waals surface area contributed by atoms with Crippen molar-refractivity contribution in [1.82, 2.24) is 0 Å². The summed E-state index contributed by atoms with van der Waals surface area (Å²) in [7, 11) is -0.443. The van der Waals surface area contributed by atoms with Crippen LogP contribution in [0.5, 0.6) is 5.75 Å². The van der Waals surface area contributed by atoms with E-state index in [1.807, 2.05) is 39.8 Å². The van der Waals surface area contributed by atoms with Crippen LogP contribution in [0.1, 0.15) is 39.7 Å². The molecule has 1 aliphatic rings. The quantitative estimate of drug-likeness (QED) is 0.0764. The summed E-state index contributed by atoms with van der Waals surface area (Å²) in [6.07, 6.45) is 0.904. The summed E-state index contributed by atoms with van der Waals surface area (Å²) in [6, 6.07) is 31.3. The zero-order chi connectivity index (χ0) is 27.6. The molecular weight excluding hydrogens is 495 g/mol. The number of benzene rings is 6. The van der Waals surface area contributed by atoms with E-state index in [2.05, 4.69) is 66.7 Å². The van der Waals surface area contributed by atoms with Crippen LogP contribution < -0.4 is 10.2 Å². The van der Waals surface area contributed by atoms with Crippen LogP contribution in [-0.2, 0) is 20.5 Å². The molecule has 198 valence electrons. The molecule has 6 aromatic rings. The van der Waals surface area contributed by atoms with E-state index in [0.717, 1.165) is 11.0 Å². The number of aryl methyl sites for hydroxylation is 1. The highest BCUT2D eigenvalue weighted by molar-refractivity contribution is 6.62. The average Bonchev–Trinajstić information content (AvgIpc) is 3.17. The number of rotatable bonds is 5. The molecule has 0 atom stereocenters. The second-order valence-electron chi connectivity index (χ2n) is 11.8. The lowest BCUT2D eigenvalue weighted by Crippen LogP contribution is -2.41. The molecule has 0 spiro atoms. The van der Waals surface area contributed by atoms with E-state index in [1.54, 1.807) is 12.1 Å². The number of carbonyl (C=O) groups is 1. The lowest BCUT2D eigenvalue weighted by atomic mass is 9.79. The molecule has 0 unspecified atom stereocenters. The highest BCUT2D eigenvalue weighted by atomic mass is 16.7. The van der Waals surface area contributed by atoms with Gasteiger partial charge in [0, 0.05) is 0 Å². The molecule has 4 nitrogen and oxygen atoms in total. The third kappa shape index (κ3) is 3.96. The van der Waals surface area contributed by atoms with E-state index in [9.17, 15) is 4.79 Å². The molecule has 7 rings (SSSR count). The largest absolute Gasteiger partial charge is 0.494 e. The van der Waals surface area contributed by atoms with Crippen molar-refractivity contribution in [2.75, 3.05) is 0 Å². The van der Waals surface area contributed by atoms with Crippen molar-refractivity contribution in [2.45, 2.75) is 51.7 Å². The summed E-state index contributed by atoms with van der Waals surface area (Å²) < 4.78 is 17.9. The van der Waals surface area contributed by atoms with Crippen LogP contribution in [0.2, 0.25) is 0 Å². The van der Waals surface area contributed by atoms with Crippen LogP contribution in [0.3, 0.4) is 0 Å². The van der Waals surface area contributed by atoms with Crippen LogP contribution in [-0.4, -0.2) is 24.3 Å².